The Morgan fingerprint density at radius 1 is 1.50 bits per heavy atom. The van der Waals surface area contributed by atoms with E-state index in [-0.39, 0.29) is 18.4 Å². The summed E-state index contributed by atoms with van der Waals surface area (Å²) < 4.78 is 0. The summed E-state index contributed by atoms with van der Waals surface area (Å²) in [4.78, 5) is 13.8. The zero-order chi connectivity index (χ0) is 13.0. The van der Waals surface area contributed by atoms with Gasteiger partial charge in [-0.05, 0) is 30.5 Å². The summed E-state index contributed by atoms with van der Waals surface area (Å²) in [5.41, 5.74) is 2.24. The van der Waals surface area contributed by atoms with Crippen LogP contribution in [-0.4, -0.2) is 35.6 Å². The van der Waals surface area contributed by atoms with Gasteiger partial charge >= 0.3 is 0 Å². The Morgan fingerprint density at radius 2 is 2.28 bits per heavy atom. The number of aliphatic hydroxyl groups is 1. The number of rotatable bonds is 3. The quantitative estimate of drug-likeness (QED) is 0.826. The fraction of sp³-hybridized carbons (Fsp3) is 0.400. The summed E-state index contributed by atoms with van der Waals surface area (Å²) in [6, 6.07) is 7.98. The highest BCUT2D eigenvalue weighted by atomic mass is 16.3. The molecule has 3 heteroatoms. The van der Waals surface area contributed by atoms with Gasteiger partial charge in [0.2, 0.25) is 5.91 Å². The molecule has 0 saturated carbocycles. The molecule has 3 nitrogen and oxygen atoms in total. The van der Waals surface area contributed by atoms with Crippen molar-refractivity contribution >= 4 is 12.0 Å². The minimum atomic E-state index is 0.0363. The van der Waals surface area contributed by atoms with Crippen LogP contribution in [0.3, 0.4) is 0 Å². The van der Waals surface area contributed by atoms with E-state index in [2.05, 4.69) is 0 Å². The second kappa shape index (κ2) is 5.83. The Hall–Kier alpha value is -1.61. The summed E-state index contributed by atoms with van der Waals surface area (Å²) in [5.74, 6) is 0.287. The predicted molar refractivity (Wildman–Crippen MR) is 72.0 cm³/mol. The minimum absolute atomic E-state index is 0.0363. The average Bonchev–Trinajstić information content (AvgIpc) is 2.86. The van der Waals surface area contributed by atoms with Gasteiger partial charge in [-0.3, -0.25) is 4.79 Å². The summed E-state index contributed by atoms with van der Waals surface area (Å²) in [5, 5.41) is 9.05. The maximum atomic E-state index is 11.9. The molecule has 0 spiro atoms. The number of carbonyl (C=O) groups excluding carboxylic acids is 1. The smallest absolute Gasteiger partial charge is 0.246 e. The van der Waals surface area contributed by atoms with E-state index < -0.39 is 0 Å². The van der Waals surface area contributed by atoms with Crippen molar-refractivity contribution < 1.29 is 9.90 Å². The van der Waals surface area contributed by atoms with E-state index in [9.17, 15) is 4.79 Å². The van der Waals surface area contributed by atoms with Crippen molar-refractivity contribution in [1.29, 1.82) is 0 Å². The first-order valence-electron chi connectivity index (χ1n) is 6.34. The van der Waals surface area contributed by atoms with Gasteiger partial charge < -0.3 is 10.0 Å². The molecule has 2 rings (SSSR count). The number of hydrogen-bond acceptors (Lipinski definition) is 2. The van der Waals surface area contributed by atoms with Gasteiger partial charge in [0, 0.05) is 31.7 Å². The van der Waals surface area contributed by atoms with Crippen LogP contribution in [0.4, 0.5) is 0 Å². The molecule has 0 aromatic heterocycles. The predicted octanol–water partition coefficient (Wildman–Crippen LogP) is 1.85. The third-order valence-electron chi connectivity index (χ3n) is 3.45. The Labute approximate surface area is 108 Å². The van der Waals surface area contributed by atoms with Crippen LogP contribution < -0.4 is 0 Å². The highest BCUT2D eigenvalue weighted by molar-refractivity contribution is 5.92. The molecule has 1 aliphatic heterocycles. The van der Waals surface area contributed by atoms with E-state index in [1.54, 1.807) is 11.0 Å². The van der Waals surface area contributed by atoms with E-state index in [0.29, 0.717) is 6.54 Å². The lowest BCUT2D eigenvalue weighted by Gasteiger charge is -2.13. The van der Waals surface area contributed by atoms with Crippen molar-refractivity contribution in [3.8, 4) is 0 Å². The summed E-state index contributed by atoms with van der Waals surface area (Å²) in [6.07, 6.45) is 4.40. The Kier molecular flexibility index (Phi) is 4.15. The Balaban J connectivity index is 1.98. The van der Waals surface area contributed by atoms with Crippen LogP contribution in [-0.2, 0) is 4.79 Å². The van der Waals surface area contributed by atoms with Crippen molar-refractivity contribution in [2.24, 2.45) is 5.92 Å². The standard InChI is InChI=1S/C15H19NO2/c1-12-4-2-3-5-14(12)6-7-15(18)16-9-8-13(10-16)11-17/h2-7,13,17H,8-11H2,1H3. The number of hydrogen-bond donors (Lipinski definition) is 1. The molecule has 0 bridgehead atoms. The zero-order valence-corrected chi connectivity index (χ0v) is 10.7. The topological polar surface area (TPSA) is 40.5 Å². The van der Waals surface area contributed by atoms with Crippen molar-refractivity contribution in [2.45, 2.75) is 13.3 Å². The molecule has 1 heterocycles. The Morgan fingerprint density at radius 3 is 2.94 bits per heavy atom. The van der Waals surface area contributed by atoms with Crippen molar-refractivity contribution in [3.05, 3.63) is 41.5 Å². The highest BCUT2D eigenvalue weighted by Crippen LogP contribution is 2.16. The van der Waals surface area contributed by atoms with Crippen molar-refractivity contribution in [1.82, 2.24) is 4.90 Å². The van der Waals surface area contributed by atoms with Gasteiger partial charge in [-0.2, -0.15) is 0 Å². The number of aryl methyl sites for hydroxylation is 1. The Bertz CT molecular complexity index is 454. The van der Waals surface area contributed by atoms with Gasteiger partial charge in [0.25, 0.3) is 0 Å². The molecule has 1 aromatic rings. The molecule has 18 heavy (non-hydrogen) atoms. The van der Waals surface area contributed by atoms with E-state index in [1.165, 1.54) is 0 Å². The van der Waals surface area contributed by atoms with Gasteiger partial charge in [-0.15, -0.1) is 0 Å². The molecule has 1 aromatic carbocycles. The highest BCUT2D eigenvalue weighted by Gasteiger charge is 2.23. The molecule has 1 saturated heterocycles. The molecular weight excluding hydrogens is 226 g/mol. The van der Waals surface area contributed by atoms with E-state index >= 15 is 0 Å². The van der Waals surface area contributed by atoms with Gasteiger partial charge in [-0.25, -0.2) is 0 Å². The number of amides is 1. The number of likely N-dealkylation sites (tertiary alicyclic amines) is 1. The lowest BCUT2D eigenvalue weighted by molar-refractivity contribution is -0.125. The second-order valence-electron chi connectivity index (χ2n) is 4.81. The van der Waals surface area contributed by atoms with Crippen LogP contribution in [0.15, 0.2) is 30.3 Å². The molecule has 1 atom stereocenters. The molecule has 1 unspecified atom stereocenters. The average molecular weight is 245 g/mol. The van der Waals surface area contributed by atoms with E-state index in [0.717, 1.165) is 24.1 Å². The van der Waals surface area contributed by atoms with Crippen LogP contribution in [0, 0.1) is 12.8 Å². The molecule has 1 amide bonds. The molecule has 96 valence electrons. The number of nitrogens with zero attached hydrogens (tertiary/aromatic N) is 1. The summed E-state index contributed by atoms with van der Waals surface area (Å²) in [7, 11) is 0. The molecule has 1 N–H and O–H groups in total. The maximum absolute atomic E-state index is 11.9. The first-order valence-corrected chi connectivity index (χ1v) is 6.34. The van der Waals surface area contributed by atoms with E-state index in [1.807, 2.05) is 37.3 Å². The van der Waals surface area contributed by atoms with Crippen LogP contribution in [0.2, 0.25) is 0 Å². The third kappa shape index (κ3) is 2.99. The SMILES string of the molecule is Cc1ccccc1C=CC(=O)N1CCC(CO)C1. The summed E-state index contributed by atoms with van der Waals surface area (Å²) in [6.45, 7) is 3.63. The molecule has 0 aliphatic carbocycles. The number of aliphatic hydroxyl groups excluding tert-OH is 1. The van der Waals surface area contributed by atoms with Crippen LogP contribution in [0.5, 0.6) is 0 Å². The third-order valence-corrected chi connectivity index (χ3v) is 3.45. The van der Waals surface area contributed by atoms with Gasteiger partial charge in [-0.1, -0.05) is 24.3 Å². The monoisotopic (exact) mass is 245 g/mol. The zero-order valence-electron chi connectivity index (χ0n) is 10.7. The first-order chi connectivity index (χ1) is 8.70. The lowest BCUT2D eigenvalue weighted by Crippen LogP contribution is -2.27. The van der Waals surface area contributed by atoms with Crippen LogP contribution in [0.1, 0.15) is 17.5 Å². The van der Waals surface area contributed by atoms with Crippen LogP contribution >= 0.6 is 0 Å². The van der Waals surface area contributed by atoms with Gasteiger partial charge in [0.15, 0.2) is 0 Å². The molecule has 1 fully saturated rings. The molecular formula is C15H19NO2. The first kappa shape index (κ1) is 12.8. The van der Waals surface area contributed by atoms with E-state index in [4.69, 9.17) is 5.11 Å². The number of benzene rings is 1. The normalized spacial score (nSPS) is 19.7. The fourth-order valence-corrected chi connectivity index (χ4v) is 2.22. The largest absolute Gasteiger partial charge is 0.396 e. The van der Waals surface area contributed by atoms with Gasteiger partial charge in [0.1, 0.15) is 0 Å². The lowest BCUT2D eigenvalue weighted by atomic mass is 10.1. The number of carbonyl (C=O) groups is 1. The minimum Gasteiger partial charge on any atom is -0.396 e. The fourth-order valence-electron chi connectivity index (χ4n) is 2.22. The second-order valence-corrected chi connectivity index (χ2v) is 4.81. The van der Waals surface area contributed by atoms with Crippen molar-refractivity contribution in [2.75, 3.05) is 19.7 Å². The maximum Gasteiger partial charge on any atom is 0.246 e. The van der Waals surface area contributed by atoms with Crippen molar-refractivity contribution in [3.63, 3.8) is 0 Å². The molecule has 1 aliphatic rings. The molecule has 0 radical (unpaired) electrons. The van der Waals surface area contributed by atoms with Crippen LogP contribution in [0.25, 0.3) is 6.08 Å². The summed E-state index contributed by atoms with van der Waals surface area (Å²) >= 11 is 0. The van der Waals surface area contributed by atoms with Gasteiger partial charge in [0.05, 0.1) is 0 Å².